The standard InChI is InChI=1S/C9H11N3O/c10-8-6-11-12-7(4-5-13)2-1-3-9(8)12/h1-3,6,13H,4-5,10H2. The molecule has 4 heteroatoms. The van der Waals surface area contributed by atoms with E-state index < -0.39 is 0 Å². The quantitative estimate of drug-likeness (QED) is 0.700. The minimum atomic E-state index is 0.124. The topological polar surface area (TPSA) is 63.5 Å². The zero-order valence-electron chi connectivity index (χ0n) is 7.14. The highest BCUT2D eigenvalue weighted by molar-refractivity contribution is 5.68. The molecule has 2 aromatic rings. The van der Waals surface area contributed by atoms with Crippen molar-refractivity contribution >= 4 is 11.2 Å². The lowest BCUT2D eigenvalue weighted by atomic mass is 10.2. The molecule has 0 saturated carbocycles. The Kier molecular flexibility index (Phi) is 1.90. The second kappa shape index (κ2) is 3.06. The van der Waals surface area contributed by atoms with Crippen molar-refractivity contribution in [1.29, 1.82) is 0 Å². The molecule has 2 aromatic heterocycles. The zero-order chi connectivity index (χ0) is 9.26. The van der Waals surface area contributed by atoms with Crippen molar-refractivity contribution in [3.63, 3.8) is 0 Å². The lowest BCUT2D eigenvalue weighted by Gasteiger charge is -2.01. The molecule has 2 rings (SSSR count). The number of pyridine rings is 1. The number of aromatic nitrogens is 2. The normalized spacial score (nSPS) is 10.8. The van der Waals surface area contributed by atoms with Crippen molar-refractivity contribution < 1.29 is 5.11 Å². The van der Waals surface area contributed by atoms with E-state index in [1.807, 2.05) is 18.2 Å². The number of nitrogen functional groups attached to an aromatic ring is 1. The molecular formula is C9H11N3O. The Hall–Kier alpha value is -1.55. The van der Waals surface area contributed by atoms with Crippen LogP contribution in [0.1, 0.15) is 5.69 Å². The SMILES string of the molecule is Nc1cnn2c(CCO)cccc12. The van der Waals surface area contributed by atoms with Gasteiger partial charge in [0.05, 0.1) is 17.4 Å². The van der Waals surface area contributed by atoms with Gasteiger partial charge in [0.25, 0.3) is 0 Å². The van der Waals surface area contributed by atoms with Crippen LogP contribution in [0.25, 0.3) is 5.52 Å². The molecule has 4 nitrogen and oxygen atoms in total. The van der Waals surface area contributed by atoms with Crippen molar-refractivity contribution in [3.8, 4) is 0 Å². The van der Waals surface area contributed by atoms with Crippen LogP contribution in [0.5, 0.6) is 0 Å². The van der Waals surface area contributed by atoms with Gasteiger partial charge in [-0.1, -0.05) is 6.07 Å². The molecule has 0 radical (unpaired) electrons. The lowest BCUT2D eigenvalue weighted by molar-refractivity contribution is 0.297. The first-order valence-corrected chi connectivity index (χ1v) is 4.15. The molecule has 0 aliphatic heterocycles. The maximum Gasteiger partial charge on any atom is 0.0894 e. The average molecular weight is 177 g/mol. The second-order valence-corrected chi connectivity index (χ2v) is 2.89. The molecule has 0 fully saturated rings. The van der Waals surface area contributed by atoms with Gasteiger partial charge in [-0.15, -0.1) is 0 Å². The third-order valence-corrected chi connectivity index (χ3v) is 2.02. The third kappa shape index (κ3) is 1.25. The van der Waals surface area contributed by atoms with Gasteiger partial charge < -0.3 is 10.8 Å². The second-order valence-electron chi connectivity index (χ2n) is 2.89. The summed E-state index contributed by atoms with van der Waals surface area (Å²) in [6, 6.07) is 5.75. The fourth-order valence-electron chi connectivity index (χ4n) is 1.39. The van der Waals surface area contributed by atoms with E-state index in [-0.39, 0.29) is 6.61 Å². The minimum Gasteiger partial charge on any atom is -0.396 e. The Morgan fingerprint density at radius 3 is 3.08 bits per heavy atom. The van der Waals surface area contributed by atoms with Crippen LogP contribution in [0, 0.1) is 0 Å². The molecule has 2 heterocycles. The van der Waals surface area contributed by atoms with Gasteiger partial charge in [0.15, 0.2) is 0 Å². The van der Waals surface area contributed by atoms with Gasteiger partial charge in [0.2, 0.25) is 0 Å². The Labute approximate surface area is 75.6 Å². The molecule has 0 amide bonds. The molecule has 13 heavy (non-hydrogen) atoms. The monoisotopic (exact) mass is 177 g/mol. The third-order valence-electron chi connectivity index (χ3n) is 2.02. The number of aliphatic hydroxyl groups is 1. The van der Waals surface area contributed by atoms with Gasteiger partial charge in [-0.3, -0.25) is 0 Å². The van der Waals surface area contributed by atoms with Crippen molar-refractivity contribution in [3.05, 3.63) is 30.1 Å². The van der Waals surface area contributed by atoms with E-state index in [1.54, 1.807) is 10.7 Å². The van der Waals surface area contributed by atoms with Crippen molar-refractivity contribution in [2.24, 2.45) is 0 Å². The maximum absolute atomic E-state index is 8.81. The summed E-state index contributed by atoms with van der Waals surface area (Å²) in [7, 11) is 0. The number of nitrogens with zero attached hydrogens (tertiary/aromatic N) is 2. The molecule has 0 unspecified atom stereocenters. The first-order valence-electron chi connectivity index (χ1n) is 4.15. The van der Waals surface area contributed by atoms with E-state index in [2.05, 4.69) is 5.10 Å². The van der Waals surface area contributed by atoms with E-state index in [4.69, 9.17) is 10.8 Å². The summed E-state index contributed by atoms with van der Waals surface area (Å²) in [5, 5.41) is 12.9. The van der Waals surface area contributed by atoms with Crippen LogP contribution in [-0.4, -0.2) is 21.3 Å². The fraction of sp³-hybridized carbons (Fsp3) is 0.222. The Balaban J connectivity index is 2.63. The highest BCUT2D eigenvalue weighted by atomic mass is 16.3. The molecule has 0 spiro atoms. The van der Waals surface area contributed by atoms with Crippen molar-refractivity contribution in [2.75, 3.05) is 12.3 Å². The van der Waals surface area contributed by atoms with E-state index in [1.165, 1.54) is 0 Å². The van der Waals surface area contributed by atoms with Crippen LogP contribution < -0.4 is 5.73 Å². The summed E-state index contributed by atoms with van der Waals surface area (Å²) in [6.07, 6.45) is 2.22. The summed E-state index contributed by atoms with van der Waals surface area (Å²) in [5.41, 5.74) is 8.23. The summed E-state index contributed by atoms with van der Waals surface area (Å²) in [6.45, 7) is 0.124. The number of hydrogen-bond donors (Lipinski definition) is 2. The van der Waals surface area contributed by atoms with Crippen LogP contribution in [0.2, 0.25) is 0 Å². The molecule has 0 saturated heterocycles. The molecule has 68 valence electrons. The number of anilines is 1. The van der Waals surface area contributed by atoms with Crippen LogP contribution in [0.15, 0.2) is 24.4 Å². The molecular weight excluding hydrogens is 166 g/mol. The van der Waals surface area contributed by atoms with E-state index in [0.29, 0.717) is 12.1 Å². The molecule has 0 atom stereocenters. The van der Waals surface area contributed by atoms with E-state index >= 15 is 0 Å². The molecule has 0 aliphatic carbocycles. The van der Waals surface area contributed by atoms with Gasteiger partial charge in [-0.05, 0) is 12.1 Å². The predicted molar refractivity (Wildman–Crippen MR) is 50.4 cm³/mol. The number of hydrogen-bond acceptors (Lipinski definition) is 3. The van der Waals surface area contributed by atoms with Crippen molar-refractivity contribution in [1.82, 2.24) is 9.61 Å². The molecule has 3 N–H and O–H groups in total. The van der Waals surface area contributed by atoms with Crippen molar-refractivity contribution in [2.45, 2.75) is 6.42 Å². The number of nitrogens with two attached hydrogens (primary N) is 1. The highest BCUT2D eigenvalue weighted by Crippen LogP contribution is 2.14. The van der Waals surface area contributed by atoms with Gasteiger partial charge in [-0.25, -0.2) is 4.52 Å². The lowest BCUT2D eigenvalue weighted by Crippen LogP contribution is -2.00. The smallest absolute Gasteiger partial charge is 0.0894 e. The minimum absolute atomic E-state index is 0.124. The van der Waals surface area contributed by atoms with Gasteiger partial charge in [-0.2, -0.15) is 5.10 Å². The molecule has 0 aromatic carbocycles. The Morgan fingerprint density at radius 2 is 2.31 bits per heavy atom. The van der Waals surface area contributed by atoms with Crippen LogP contribution >= 0.6 is 0 Å². The molecule has 0 bridgehead atoms. The zero-order valence-corrected chi connectivity index (χ0v) is 7.14. The Bertz CT molecular complexity index is 422. The summed E-state index contributed by atoms with van der Waals surface area (Å²) < 4.78 is 1.76. The van der Waals surface area contributed by atoms with E-state index in [0.717, 1.165) is 11.2 Å². The number of fused-ring (bicyclic) bond motifs is 1. The van der Waals surface area contributed by atoms with E-state index in [9.17, 15) is 0 Å². The van der Waals surface area contributed by atoms with Gasteiger partial charge in [0.1, 0.15) is 0 Å². The number of rotatable bonds is 2. The maximum atomic E-state index is 8.81. The van der Waals surface area contributed by atoms with Gasteiger partial charge >= 0.3 is 0 Å². The Morgan fingerprint density at radius 1 is 1.46 bits per heavy atom. The highest BCUT2D eigenvalue weighted by Gasteiger charge is 2.03. The summed E-state index contributed by atoms with van der Waals surface area (Å²) in [4.78, 5) is 0. The largest absolute Gasteiger partial charge is 0.396 e. The summed E-state index contributed by atoms with van der Waals surface area (Å²) >= 11 is 0. The first kappa shape index (κ1) is 8.07. The average Bonchev–Trinajstić information content (AvgIpc) is 2.50. The first-order chi connectivity index (χ1) is 6.33. The van der Waals surface area contributed by atoms with Gasteiger partial charge in [0, 0.05) is 18.7 Å². The predicted octanol–water partition coefficient (Wildman–Crippen LogP) is 0.451. The fourth-order valence-corrected chi connectivity index (χ4v) is 1.39. The summed E-state index contributed by atoms with van der Waals surface area (Å²) in [5.74, 6) is 0. The van der Waals surface area contributed by atoms with Crippen LogP contribution in [-0.2, 0) is 6.42 Å². The van der Waals surface area contributed by atoms with Crippen LogP contribution in [0.3, 0.4) is 0 Å². The number of aliphatic hydroxyl groups excluding tert-OH is 1. The molecule has 0 aliphatic rings. The van der Waals surface area contributed by atoms with Crippen LogP contribution in [0.4, 0.5) is 5.69 Å².